The van der Waals surface area contributed by atoms with Crippen LogP contribution in [0.15, 0.2) is 41.4 Å². The molecule has 0 aliphatic carbocycles. The number of methoxy groups -OCH3 is 1. The van der Waals surface area contributed by atoms with Crippen LogP contribution in [0, 0.1) is 0 Å². The molecule has 150 valence electrons. The molecule has 2 aromatic rings. The van der Waals surface area contributed by atoms with Crippen molar-refractivity contribution in [3.63, 3.8) is 0 Å². The van der Waals surface area contributed by atoms with Crippen molar-refractivity contribution in [1.82, 2.24) is 10.6 Å². The van der Waals surface area contributed by atoms with Gasteiger partial charge >= 0.3 is 0 Å². The maximum Gasteiger partial charge on any atom is 0.191 e. The van der Waals surface area contributed by atoms with E-state index in [0.29, 0.717) is 16.8 Å². The van der Waals surface area contributed by atoms with Crippen molar-refractivity contribution >= 4 is 52.9 Å². The van der Waals surface area contributed by atoms with E-state index in [1.165, 1.54) is 16.9 Å². The highest BCUT2D eigenvalue weighted by Gasteiger charge is 2.10. The summed E-state index contributed by atoms with van der Waals surface area (Å²) >= 11 is 7.29. The number of thiophene rings is 1. The monoisotopic (exact) mass is 523 g/mol. The molecule has 1 aromatic carbocycles. The molecule has 3 N–H and O–H groups in total. The summed E-state index contributed by atoms with van der Waals surface area (Å²) in [6.07, 6.45) is 1.33. The first-order chi connectivity index (χ1) is 12.6. The maximum absolute atomic E-state index is 10.2. The highest BCUT2D eigenvalue weighted by molar-refractivity contribution is 14.0. The molecule has 5 nitrogen and oxygen atoms in total. The Kier molecular flexibility index (Phi) is 11.7. The average Bonchev–Trinajstić information content (AvgIpc) is 3.09. The first kappa shape index (κ1) is 24.0. The van der Waals surface area contributed by atoms with Crippen LogP contribution in [0.1, 0.15) is 29.9 Å². The van der Waals surface area contributed by atoms with Crippen LogP contribution < -0.4 is 15.4 Å². The summed E-state index contributed by atoms with van der Waals surface area (Å²) in [6.45, 7) is 3.89. The first-order valence-corrected chi connectivity index (χ1v) is 9.90. The molecule has 1 unspecified atom stereocenters. The van der Waals surface area contributed by atoms with Crippen LogP contribution >= 0.6 is 46.9 Å². The van der Waals surface area contributed by atoms with Gasteiger partial charge in [-0.1, -0.05) is 23.7 Å². The van der Waals surface area contributed by atoms with Crippen molar-refractivity contribution in [3.05, 3.63) is 51.2 Å². The van der Waals surface area contributed by atoms with Gasteiger partial charge in [0.05, 0.1) is 18.0 Å². The molecule has 1 aromatic heterocycles. The van der Waals surface area contributed by atoms with Crippen LogP contribution in [0.3, 0.4) is 0 Å². The second-order valence-electron chi connectivity index (χ2n) is 5.76. The van der Waals surface area contributed by atoms with Crippen molar-refractivity contribution in [2.45, 2.75) is 25.9 Å². The minimum Gasteiger partial charge on any atom is -0.497 e. The van der Waals surface area contributed by atoms with Gasteiger partial charge in [-0.25, -0.2) is 0 Å². The molecular formula is C19H27ClIN3O2S. The third-order valence-electron chi connectivity index (χ3n) is 3.78. The Balaban J connectivity index is 0.00000364. The third-order valence-corrected chi connectivity index (χ3v) is 5.12. The number of nitrogens with one attached hydrogen (secondary N) is 2. The van der Waals surface area contributed by atoms with E-state index in [9.17, 15) is 5.11 Å². The van der Waals surface area contributed by atoms with Gasteiger partial charge in [0.15, 0.2) is 5.96 Å². The molecule has 0 saturated heterocycles. The molecule has 1 atom stereocenters. The fourth-order valence-corrected chi connectivity index (χ4v) is 3.45. The molecule has 2 rings (SSSR count). The zero-order valence-corrected chi connectivity index (χ0v) is 19.5. The van der Waals surface area contributed by atoms with Gasteiger partial charge in [0, 0.05) is 18.0 Å². The van der Waals surface area contributed by atoms with E-state index in [-0.39, 0.29) is 24.0 Å². The van der Waals surface area contributed by atoms with Crippen LogP contribution in [0.25, 0.3) is 0 Å². The lowest BCUT2D eigenvalue weighted by atomic mass is 10.1. The number of nitrogens with zero attached hydrogens (tertiary/aromatic N) is 1. The van der Waals surface area contributed by atoms with E-state index in [4.69, 9.17) is 16.3 Å². The van der Waals surface area contributed by atoms with Crippen LogP contribution in [0.4, 0.5) is 0 Å². The van der Waals surface area contributed by atoms with E-state index in [1.807, 2.05) is 25.1 Å². The van der Waals surface area contributed by atoms with Crippen molar-refractivity contribution in [1.29, 1.82) is 0 Å². The lowest BCUT2D eigenvalue weighted by Gasteiger charge is -2.12. The standard InChI is InChI=1S/C19H26ClN3O2S.HI/c1-3-21-19(23-13-16(24)17-10-11-18(20)26-17)22-12-4-5-14-6-8-15(25-2)9-7-14;/h6-11,16,24H,3-5,12-13H2,1-2H3,(H2,21,22,23);1H. The number of rotatable bonds is 9. The van der Waals surface area contributed by atoms with Crippen LogP contribution in [0.2, 0.25) is 4.34 Å². The molecule has 27 heavy (non-hydrogen) atoms. The summed E-state index contributed by atoms with van der Waals surface area (Å²) in [5.74, 6) is 1.59. The first-order valence-electron chi connectivity index (χ1n) is 8.70. The fraction of sp³-hybridized carbons (Fsp3) is 0.421. The molecule has 0 bridgehead atoms. The second kappa shape index (κ2) is 13.2. The largest absolute Gasteiger partial charge is 0.497 e. The van der Waals surface area contributed by atoms with E-state index in [2.05, 4.69) is 27.8 Å². The molecule has 0 saturated carbocycles. The smallest absolute Gasteiger partial charge is 0.191 e. The fourth-order valence-electron chi connectivity index (χ4n) is 2.41. The summed E-state index contributed by atoms with van der Waals surface area (Å²) in [7, 11) is 1.67. The van der Waals surface area contributed by atoms with Crippen LogP contribution in [-0.2, 0) is 6.42 Å². The molecule has 0 aliphatic heterocycles. The number of hydrogen-bond acceptors (Lipinski definition) is 4. The highest BCUT2D eigenvalue weighted by atomic mass is 127. The SMILES string of the molecule is CCNC(=NCC(O)c1ccc(Cl)s1)NCCCc1ccc(OC)cc1.I. The van der Waals surface area contributed by atoms with Crippen molar-refractivity contribution in [3.8, 4) is 5.75 Å². The minimum atomic E-state index is -0.637. The average molecular weight is 524 g/mol. The predicted molar refractivity (Wildman–Crippen MR) is 125 cm³/mol. The molecule has 1 heterocycles. The summed E-state index contributed by atoms with van der Waals surface area (Å²) in [6, 6.07) is 11.7. The molecule has 8 heteroatoms. The lowest BCUT2D eigenvalue weighted by molar-refractivity contribution is 0.191. The number of ether oxygens (including phenoxy) is 1. The van der Waals surface area contributed by atoms with Gasteiger partial charge < -0.3 is 20.5 Å². The molecule has 0 aliphatic rings. The number of aliphatic imine (C=N–C) groups is 1. The van der Waals surface area contributed by atoms with E-state index in [0.717, 1.165) is 36.6 Å². The molecule has 0 radical (unpaired) electrons. The number of hydrogen-bond donors (Lipinski definition) is 3. The molecule has 0 fully saturated rings. The quantitative estimate of drug-likeness (QED) is 0.199. The summed E-state index contributed by atoms with van der Waals surface area (Å²) in [4.78, 5) is 5.29. The van der Waals surface area contributed by atoms with Crippen molar-refractivity contribution < 1.29 is 9.84 Å². The zero-order valence-electron chi connectivity index (χ0n) is 15.6. The lowest BCUT2D eigenvalue weighted by Crippen LogP contribution is -2.38. The van der Waals surface area contributed by atoms with E-state index < -0.39 is 6.10 Å². The van der Waals surface area contributed by atoms with Crippen LogP contribution in [0.5, 0.6) is 5.75 Å². The van der Waals surface area contributed by atoms with Gasteiger partial charge in [0.1, 0.15) is 11.9 Å². The van der Waals surface area contributed by atoms with Gasteiger partial charge in [-0.2, -0.15) is 0 Å². The van der Waals surface area contributed by atoms with Gasteiger partial charge in [-0.3, -0.25) is 4.99 Å². The molecular weight excluding hydrogens is 497 g/mol. The number of guanidine groups is 1. The van der Waals surface area contributed by atoms with Crippen LogP contribution in [-0.4, -0.2) is 37.8 Å². The van der Waals surface area contributed by atoms with Gasteiger partial charge in [0.2, 0.25) is 0 Å². The number of halogens is 2. The van der Waals surface area contributed by atoms with Gasteiger partial charge in [-0.05, 0) is 49.6 Å². The van der Waals surface area contributed by atoms with E-state index >= 15 is 0 Å². The Bertz CT molecular complexity index is 695. The van der Waals surface area contributed by atoms with Gasteiger partial charge in [0.25, 0.3) is 0 Å². The third kappa shape index (κ3) is 8.68. The molecule has 0 spiro atoms. The number of aliphatic hydroxyl groups excluding tert-OH is 1. The Morgan fingerprint density at radius 2 is 1.96 bits per heavy atom. The summed E-state index contributed by atoms with van der Waals surface area (Å²) in [5, 5.41) is 16.7. The van der Waals surface area contributed by atoms with Crippen molar-refractivity contribution in [2.24, 2.45) is 4.99 Å². The normalized spacial score (nSPS) is 12.2. The maximum atomic E-state index is 10.2. The highest BCUT2D eigenvalue weighted by Crippen LogP contribution is 2.26. The minimum absolute atomic E-state index is 0. The van der Waals surface area contributed by atoms with E-state index in [1.54, 1.807) is 13.2 Å². The topological polar surface area (TPSA) is 65.9 Å². The Hall–Kier alpha value is -1.03. The molecule has 0 amide bonds. The van der Waals surface area contributed by atoms with Gasteiger partial charge in [-0.15, -0.1) is 35.3 Å². The number of benzene rings is 1. The summed E-state index contributed by atoms with van der Waals surface area (Å²) in [5.41, 5.74) is 1.28. The predicted octanol–water partition coefficient (Wildman–Crippen LogP) is 4.25. The second-order valence-corrected chi connectivity index (χ2v) is 7.50. The zero-order chi connectivity index (χ0) is 18.8. The van der Waals surface area contributed by atoms with Crippen molar-refractivity contribution in [2.75, 3.05) is 26.7 Å². The summed E-state index contributed by atoms with van der Waals surface area (Å²) < 4.78 is 5.84. The Morgan fingerprint density at radius 3 is 2.56 bits per heavy atom. The Morgan fingerprint density at radius 1 is 1.22 bits per heavy atom. The number of aliphatic hydroxyl groups is 1. The Labute approximate surface area is 187 Å². The number of aryl methyl sites for hydroxylation is 1.